The monoisotopic (exact) mass is 270 g/mol. The minimum absolute atomic E-state index is 0.0111. The number of hydrogen-bond donors (Lipinski definition) is 2. The van der Waals surface area contributed by atoms with E-state index in [-0.39, 0.29) is 17.3 Å². The van der Waals surface area contributed by atoms with Crippen LogP contribution in [0, 0.1) is 0 Å². The molecule has 1 aromatic heterocycles. The summed E-state index contributed by atoms with van der Waals surface area (Å²) in [5, 5.41) is 18.8. The topological polar surface area (TPSA) is 70.7 Å². The van der Waals surface area contributed by atoms with Crippen molar-refractivity contribution in [2.45, 2.75) is 6.92 Å². The molecule has 0 bridgehead atoms. The maximum Gasteiger partial charge on any atom is 0.228 e. The summed E-state index contributed by atoms with van der Waals surface area (Å²) in [7, 11) is 0. The molecule has 102 valence electrons. The van der Waals surface area contributed by atoms with Crippen LogP contribution in [0.3, 0.4) is 0 Å². The molecule has 0 spiro atoms. The molecule has 0 unspecified atom stereocenters. The second kappa shape index (κ2) is 5.93. The fourth-order valence-electron chi connectivity index (χ4n) is 1.84. The van der Waals surface area contributed by atoms with Crippen molar-refractivity contribution in [2.75, 3.05) is 0 Å². The fraction of sp³-hybridized carbons (Fsp3) is 0.0625. The van der Waals surface area contributed by atoms with Crippen molar-refractivity contribution in [3.05, 3.63) is 83.3 Å². The molecule has 20 heavy (non-hydrogen) atoms. The molecule has 2 rings (SSSR count). The van der Waals surface area contributed by atoms with Crippen molar-refractivity contribution in [1.29, 1.82) is 0 Å². The molecule has 4 heteroatoms. The normalized spacial score (nSPS) is 17.6. The summed E-state index contributed by atoms with van der Waals surface area (Å²) < 4.78 is 5.08. The summed E-state index contributed by atoms with van der Waals surface area (Å²) in [5.41, 5.74) is 1.35. The van der Waals surface area contributed by atoms with Gasteiger partial charge in [-0.3, -0.25) is 4.79 Å². The minimum atomic E-state index is -0.285. The van der Waals surface area contributed by atoms with E-state index in [2.05, 4.69) is 0 Å². The third-order valence-electron chi connectivity index (χ3n) is 2.87. The van der Waals surface area contributed by atoms with Gasteiger partial charge in [0.25, 0.3) is 0 Å². The standard InChI is InChI=1S/C16H14O4/c1-11(5-3-9-17)15(18)12-6-2-7-13(12)16(19)14-8-4-10-20-14/h2-10,17-18H,1H3/b9-3-,11-5+,15-12?. The lowest BCUT2D eigenvalue weighted by Crippen LogP contribution is -2.04. The third kappa shape index (κ3) is 2.64. The Labute approximate surface area is 116 Å². The number of hydrogen-bond acceptors (Lipinski definition) is 4. The number of carbonyl (C=O) groups is 1. The van der Waals surface area contributed by atoms with E-state index in [0.717, 1.165) is 6.26 Å². The Balaban J connectivity index is 2.35. The quantitative estimate of drug-likeness (QED) is 0.496. The van der Waals surface area contributed by atoms with E-state index in [4.69, 9.17) is 9.52 Å². The van der Waals surface area contributed by atoms with Gasteiger partial charge in [-0.1, -0.05) is 24.3 Å². The van der Waals surface area contributed by atoms with Gasteiger partial charge < -0.3 is 14.6 Å². The van der Waals surface area contributed by atoms with Crippen LogP contribution in [0.4, 0.5) is 0 Å². The Morgan fingerprint density at radius 3 is 2.85 bits per heavy atom. The molecule has 0 saturated carbocycles. The van der Waals surface area contributed by atoms with Crippen molar-refractivity contribution in [2.24, 2.45) is 0 Å². The SMILES string of the molecule is C/C(=C\C=C/O)C(O)=C1C=CC=C1C(=O)c1ccco1. The van der Waals surface area contributed by atoms with E-state index < -0.39 is 0 Å². The van der Waals surface area contributed by atoms with Crippen molar-refractivity contribution in [3.8, 4) is 0 Å². The fourth-order valence-corrected chi connectivity index (χ4v) is 1.84. The first-order valence-electron chi connectivity index (χ1n) is 6.03. The van der Waals surface area contributed by atoms with Gasteiger partial charge >= 0.3 is 0 Å². The zero-order valence-corrected chi connectivity index (χ0v) is 10.9. The van der Waals surface area contributed by atoms with Crippen molar-refractivity contribution in [3.63, 3.8) is 0 Å². The van der Waals surface area contributed by atoms with Gasteiger partial charge in [-0.15, -0.1) is 0 Å². The van der Waals surface area contributed by atoms with Crippen LogP contribution in [-0.2, 0) is 0 Å². The Morgan fingerprint density at radius 1 is 1.40 bits per heavy atom. The molecule has 0 aliphatic heterocycles. The van der Waals surface area contributed by atoms with Crippen molar-refractivity contribution < 1.29 is 19.4 Å². The number of Topliss-reactive ketones (excluding diaryl/α,β-unsaturated/α-hetero) is 1. The Morgan fingerprint density at radius 2 is 2.20 bits per heavy atom. The number of allylic oxidation sites excluding steroid dienone is 8. The Bertz CT molecular complexity index is 653. The van der Waals surface area contributed by atoms with E-state index in [0.29, 0.717) is 16.7 Å². The van der Waals surface area contributed by atoms with Gasteiger partial charge in [0.2, 0.25) is 5.78 Å². The number of aliphatic hydroxyl groups excluding tert-OH is 2. The maximum atomic E-state index is 12.2. The van der Waals surface area contributed by atoms with Gasteiger partial charge in [0.15, 0.2) is 5.76 Å². The molecule has 2 N–H and O–H groups in total. The number of aliphatic hydroxyl groups is 2. The number of ketones is 1. The molecule has 1 heterocycles. The number of rotatable bonds is 4. The van der Waals surface area contributed by atoms with E-state index >= 15 is 0 Å². The van der Waals surface area contributed by atoms with Gasteiger partial charge in [-0.2, -0.15) is 0 Å². The van der Waals surface area contributed by atoms with Crippen molar-refractivity contribution in [1.82, 2.24) is 0 Å². The van der Waals surface area contributed by atoms with E-state index in [1.807, 2.05) is 0 Å². The molecule has 0 radical (unpaired) electrons. The largest absolute Gasteiger partial charge is 0.516 e. The second-order valence-corrected chi connectivity index (χ2v) is 4.20. The van der Waals surface area contributed by atoms with Crippen LogP contribution in [0.5, 0.6) is 0 Å². The summed E-state index contributed by atoms with van der Waals surface area (Å²) in [4.78, 5) is 12.2. The minimum Gasteiger partial charge on any atom is -0.516 e. The van der Waals surface area contributed by atoms with Crippen LogP contribution < -0.4 is 0 Å². The molecule has 0 fully saturated rings. The van der Waals surface area contributed by atoms with Crippen LogP contribution >= 0.6 is 0 Å². The highest BCUT2D eigenvalue weighted by molar-refractivity contribution is 6.11. The highest BCUT2D eigenvalue weighted by atomic mass is 16.3. The zero-order chi connectivity index (χ0) is 14.5. The van der Waals surface area contributed by atoms with E-state index in [9.17, 15) is 9.90 Å². The molecule has 1 aliphatic carbocycles. The van der Waals surface area contributed by atoms with Gasteiger partial charge in [-0.05, 0) is 30.7 Å². The Kier molecular flexibility index (Phi) is 4.05. The first kappa shape index (κ1) is 13.7. The van der Waals surface area contributed by atoms with Crippen LogP contribution in [0.15, 0.2) is 81.9 Å². The van der Waals surface area contributed by atoms with Gasteiger partial charge in [0.05, 0.1) is 12.5 Å². The summed E-state index contributed by atoms with van der Waals surface area (Å²) in [5.74, 6) is -0.0720. The molecule has 1 aliphatic rings. The van der Waals surface area contributed by atoms with E-state index in [1.54, 1.807) is 43.4 Å². The summed E-state index contributed by atoms with van der Waals surface area (Å²) in [6, 6.07) is 3.21. The lowest BCUT2D eigenvalue weighted by atomic mass is 10.00. The first-order valence-corrected chi connectivity index (χ1v) is 6.03. The Hall–Kier alpha value is -2.75. The first-order chi connectivity index (χ1) is 9.65. The van der Waals surface area contributed by atoms with Crippen LogP contribution in [-0.4, -0.2) is 16.0 Å². The molecule has 0 aromatic carbocycles. The second-order valence-electron chi connectivity index (χ2n) is 4.20. The van der Waals surface area contributed by atoms with Gasteiger partial charge in [0.1, 0.15) is 5.76 Å². The summed E-state index contributed by atoms with van der Waals surface area (Å²) in [6.07, 6.45) is 10.2. The molecule has 1 aromatic rings. The van der Waals surface area contributed by atoms with Crippen LogP contribution in [0.1, 0.15) is 17.5 Å². The third-order valence-corrected chi connectivity index (χ3v) is 2.87. The average molecular weight is 270 g/mol. The molecular formula is C16H14O4. The van der Waals surface area contributed by atoms with Crippen molar-refractivity contribution >= 4 is 5.78 Å². The lowest BCUT2D eigenvalue weighted by Gasteiger charge is -2.07. The van der Waals surface area contributed by atoms with Gasteiger partial charge in [-0.25, -0.2) is 0 Å². The lowest BCUT2D eigenvalue weighted by molar-refractivity contribution is 0.101. The zero-order valence-electron chi connectivity index (χ0n) is 10.9. The van der Waals surface area contributed by atoms with Crippen LogP contribution in [0.2, 0.25) is 0 Å². The van der Waals surface area contributed by atoms with Crippen LogP contribution in [0.25, 0.3) is 0 Å². The number of carbonyl (C=O) groups excluding carboxylic acids is 1. The predicted octanol–water partition coefficient (Wildman–Crippen LogP) is 3.79. The smallest absolute Gasteiger partial charge is 0.228 e. The average Bonchev–Trinajstić information content (AvgIpc) is 3.13. The highest BCUT2D eigenvalue weighted by Crippen LogP contribution is 2.27. The summed E-state index contributed by atoms with van der Waals surface area (Å²) >= 11 is 0. The van der Waals surface area contributed by atoms with Gasteiger partial charge in [0, 0.05) is 11.1 Å². The maximum absolute atomic E-state index is 12.2. The molecule has 0 atom stereocenters. The highest BCUT2D eigenvalue weighted by Gasteiger charge is 2.22. The summed E-state index contributed by atoms with van der Waals surface area (Å²) in [6.45, 7) is 1.68. The molecule has 0 saturated heterocycles. The van der Waals surface area contributed by atoms with E-state index in [1.165, 1.54) is 12.3 Å². The predicted molar refractivity (Wildman–Crippen MR) is 75.4 cm³/mol. The molecule has 4 nitrogen and oxygen atoms in total. The molecule has 0 amide bonds. The number of furan rings is 1. The molecular weight excluding hydrogens is 256 g/mol.